The average molecular weight is 299 g/mol. The Kier molecular flexibility index (Phi) is 6.45. The van der Waals surface area contributed by atoms with Gasteiger partial charge < -0.3 is 19.8 Å². The monoisotopic (exact) mass is 299 g/mol. The van der Waals surface area contributed by atoms with Gasteiger partial charge in [0, 0.05) is 26.7 Å². The summed E-state index contributed by atoms with van der Waals surface area (Å²) in [6.45, 7) is 4.51. The Labute approximate surface area is 127 Å². The lowest BCUT2D eigenvalue weighted by Crippen LogP contribution is -2.52. The highest BCUT2D eigenvalue weighted by atomic mass is 16.4. The van der Waals surface area contributed by atoms with Crippen molar-refractivity contribution < 1.29 is 14.7 Å². The van der Waals surface area contributed by atoms with E-state index in [1.54, 1.807) is 16.8 Å². The fraction of sp³-hybridized carbons (Fsp3) is 0.867. The van der Waals surface area contributed by atoms with E-state index in [1.807, 2.05) is 21.0 Å². The van der Waals surface area contributed by atoms with Gasteiger partial charge in [0.1, 0.15) is 0 Å². The Morgan fingerprint density at radius 2 is 1.90 bits per heavy atom. The zero-order chi connectivity index (χ0) is 16.0. The summed E-state index contributed by atoms with van der Waals surface area (Å²) in [6.07, 6.45) is 2.90. The minimum atomic E-state index is -0.780. The third kappa shape index (κ3) is 4.59. The van der Waals surface area contributed by atoms with Crippen molar-refractivity contribution in [1.82, 2.24) is 14.7 Å². The zero-order valence-electron chi connectivity index (χ0n) is 13.8. The molecule has 1 rings (SSSR count). The van der Waals surface area contributed by atoms with E-state index in [-0.39, 0.29) is 6.03 Å². The number of urea groups is 1. The Morgan fingerprint density at radius 3 is 2.43 bits per heavy atom. The number of likely N-dealkylation sites (tertiary alicyclic amines) is 1. The van der Waals surface area contributed by atoms with E-state index in [2.05, 4.69) is 4.90 Å². The summed E-state index contributed by atoms with van der Waals surface area (Å²) in [4.78, 5) is 29.5. The van der Waals surface area contributed by atoms with Gasteiger partial charge in [-0.15, -0.1) is 0 Å². The summed E-state index contributed by atoms with van der Waals surface area (Å²) in [6, 6.07) is -0.0486. The minimum absolute atomic E-state index is 0.0486. The molecule has 0 aromatic carbocycles. The van der Waals surface area contributed by atoms with Crippen molar-refractivity contribution in [1.29, 1.82) is 0 Å². The summed E-state index contributed by atoms with van der Waals surface area (Å²) in [5.41, 5.74) is -0.765. The van der Waals surface area contributed by atoms with Gasteiger partial charge in [-0.3, -0.25) is 4.79 Å². The molecule has 0 aromatic rings. The number of carboxylic acid groups (broad SMARTS) is 1. The first-order chi connectivity index (χ1) is 9.82. The summed E-state index contributed by atoms with van der Waals surface area (Å²) in [5, 5.41) is 9.47. The van der Waals surface area contributed by atoms with Crippen LogP contribution in [0.1, 0.15) is 32.6 Å². The van der Waals surface area contributed by atoms with Crippen molar-refractivity contribution in [2.75, 3.05) is 47.3 Å². The van der Waals surface area contributed by atoms with Crippen molar-refractivity contribution in [2.45, 2.75) is 32.6 Å². The van der Waals surface area contributed by atoms with Crippen molar-refractivity contribution in [3.63, 3.8) is 0 Å². The van der Waals surface area contributed by atoms with Gasteiger partial charge in [0.05, 0.1) is 5.41 Å². The number of carbonyl (C=O) groups excluding carboxylic acids is 1. The fourth-order valence-corrected chi connectivity index (χ4v) is 2.87. The van der Waals surface area contributed by atoms with Crippen LogP contribution in [0.4, 0.5) is 4.79 Å². The van der Waals surface area contributed by atoms with Crippen LogP contribution < -0.4 is 0 Å². The van der Waals surface area contributed by atoms with Crippen LogP contribution in [0, 0.1) is 5.41 Å². The number of nitrogens with zero attached hydrogens (tertiary/aromatic N) is 3. The third-order valence-corrected chi connectivity index (χ3v) is 4.40. The first-order valence-corrected chi connectivity index (χ1v) is 7.70. The lowest BCUT2D eigenvalue weighted by atomic mass is 9.78. The average Bonchev–Trinajstić information content (AvgIpc) is 2.45. The smallest absolute Gasteiger partial charge is 0.319 e. The number of hydrogen-bond acceptors (Lipinski definition) is 3. The molecule has 1 atom stereocenters. The minimum Gasteiger partial charge on any atom is -0.481 e. The molecule has 1 aliphatic rings. The zero-order valence-corrected chi connectivity index (χ0v) is 13.8. The highest BCUT2D eigenvalue weighted by Crippen LogP contribution is 2.34. The molecule has 0 spiro atoms. The lowest BCUT2D eigenvalue weighted by Gasteiger charge is -2.40. The van der Waals surface area contributed by atoms with E-state index >= 15 is 0 Å². The molecule has 0 radical (unpaired) electrons. The SMILES string of the molecule is CCC1(C(=O)O)CCCN(C(=O)N(C)CCCN(C)C)C1. The standard InChI is InChI=1S/C15H29N3O3/c1-5-15(13(19)20)8-6-11-18(12-15)14(21)17(4)10-7-9-16(2)3/h5-12H2,1-4H3,(H,19,20). The molecule has 122 valence electrons. The molecule has 0 saturated carbocycles. The van der Waals surface area contributed by atoms with Gasteiger partial charge in [-0.25, -0.2) is 4.79 Å². The molecule has 6 heteroatoms. The third-order valence-electron chi connectivity index (χ3n) is 4.40. The Balaban J connectivity index is 2.59. The van der Waals surface area contributed by atoms with Crippen LogP contribution in [0.5, 0.6) is 0 Å². The van der Waals surface area contributed by atoms with Crippen molar-refractivity contribution in [3.8, 4) is 0 Å². The topological polar surface area (TPSA) is 64.1 Å². The van der Waals surface area contributed by atoms with Gasteiger partial charge in [0.15, 0.2) is 0 Å². The second kappa shape index (κ2) is 7.64. The van der Waals surface area contributed by atoms with Crippen LogP contribution in [0.2, 0.25) is 0 Å². The normalized spacial score (nSPS) is 22.4. The van der Waals surface area contributed by atoms with Crippen molar-refractivity contribution >= 4 is 12.0 Å². The molecule has 6 nitrogen and oxygen atoms in total. The number of amides is 2. The van der Waals surface area contributed by atoms with Crippen LogP contribution in [-0.2, 0) is 4.79 Å². The van der Waals surface area contributed by atoms with E-state index in [4.69, 9.17) is 0 Å². The Hall–Kier alpha value is -1.30. The number of hydrogen-bond donors (Lipinski definition) is 1. The number of rotatable bonds is 6. The van der Waals surface area contributed by atoms with Gasteiger partial charge in [-0.2, -0.15) is 0 Å². The van der Waals surface area contributed by atoms with E-state index in [0.717, 1.165) is 19.4 Å². The molecular formula is C15H29N3O3. The predicted molar refractivity (Wildman–Crippen MR) is 82.4 cm³/mol. The van der Waals surface area contributed by atoms with Gasteiger partial charge in [-0.1, -0.05) is 6.92 Å². The maximum atomic E-state index is 12.4. The molecule has 1 saturated heterocycles. The van der Waals surface area contributed by atoms with Gasteiger partial charge in [-0.05, 0) is 46.3 Å². The molecule has 1 fully saturated rings. The summed E-state index contributed by atoms with van der Waals surface area (Å²) in [7, 11) is 5.81. The summed E-state index contributed by atoms with van der Waals surface area (Å²) < 4.78 is 0. The second-order valence-electron chi connectivity index (χ2n) is 6.33. The van der Waals surface area contributed by atoms with E-state index in [0.29, 0.717) is 32.5 Å². The molecule has 0 bridgehead atoms. The van der Waals surface area contributed by atoms with Gasteiger partial charge in [0.2, 0.25) is 0 Å². The molecule has 2 amide bonds. The molecule has 0 aromatic heterocycles. The molecule has 1 N–H and O–H groups in total. The van der Waals surface area contributed by atoms with E-state index in [1.165, 1.54) is 0 Å². The summed E-state index contributed by atoms with van der Waals surface area (Å²) >= 11 is 0. The van der Waals surface area contributed by atoms with Crippen LogP contribution >= 0.6 is 0 Å². The van der Waals surface area contributed by atoms with E-state index < -0.39 is 11.4 Å². The Bertz CT molecular complexity index is 373. The molecular weight excluding hydrogens is 270 g/mol. The largest absolute Gasteiger partial charge is 0.481 e. The van der Waals surface area contributed by atoms with Crippen LogP contribution in [0.15, 0.2) is 0 Å². The highest BCUT2D eigenvalue weighted by molar-refractivity contribution is 5.78. The molecule has 1 unspecified atom stereocenters. The van der Waals surface area contributed by atoms with Gasteiger partial charge >= 0.3 is 12.0 Å². The van der Waals surface area contributed by atoms with Crippen LogP contribution in [0.3, 0.4) is 0 Å². The second-order valence-corrected chi connectivity index (χ2v) is 6.33. The predicted octanol–water partition coefficient (Wildman–Crippen LogP) is 1.57. The van der Waals surface area contributed by atoms with Crippen molar-refractivity contribution in [3.05, 3.63) is 0 Å². The summed E-state index contributed by atoms with van der Waals surface area (Å²) in [5.74, 6) is -0.780. The fourth-order valence-electron chi connectivity index (χ4n) is 2.87. The van der Waals surface area contributed by atoms with Crippen molar-refractivity contribution in [2.24, 2.45) is 5.41 Å². The number of aliphatic carboxylic acids is 1. The molecule has 1 aliphatic heterocycles. The first-order valence-electron chi connectivity index (χ1n) is 7.70. The molecule has 21 heavy (non-hydrogen) atoms. The lowest BCUT2D eigenvalue weighted by molar-refractivity contribution is -0.152. The van der Waals surface area contributed by atoms with Gasteiger partial charge in [0.25, 0.3) is 0 Å². The van der Waals surface area contributed by atoms with E-state index in [9.17, 15) is 14.7 Å². The first kappa shape index (κ1) is 17.8. The van der Waals surface area contributed by atoms with Crippen LogP contribution in [0.25, 0.3) is 0 Å². The Morgan fingerprint density at radius 1 is 1.24 bits per heavy atom. The highest BCUT2D eigenvalue weighted by Gasteiger charge is 2.42. The number of carboxylic acids is 1. The number of piperidine rings is 1. The molecule has 0 aliphatic carbocycles. The molecule has 1 heterocycles. The maximum absolute atomic E-state index is 12.4. The maximum Gasteiger partial charge on any atom is 0.319 e. The van der Waals surface area contributed by atoms with Crippen LogP contribution in [-0.4, -0.2) is 79.1 Å². The quantitative estimate of drug-likeness (QED) is 0.808. The number of carbonyl (C=O) groups is 2.